The van der Waals surface area contributed by atoms with Gasteiger partial charge in [-0.25, -0.2) is 0 Å². The van der Waals surface area contributed by atoms with Crippen molar-refractivity contribution in [2.24, 2.45) is 0 Å². The van der Waals surface area contributed by atoms with Gasteiger partial charge in [-0.05, 0) is 0 Å². The molecule has 0 fully saturated rings. The maximum absolute atomic E-state index is 5.81. The maximum atomic E-state index is 5.81. The molecule has 0 unspecified atom stereocenters. The van der Waals surface area contributed by atoms with Crippen LogP contribution in [-0.4, -0.2) is 5.25 Å². The van der Waals surface area contributed by atoms with E-state index in [1.165, 1.54) is 11.8 Å². The minimum atomic E-state index is -3.97. The molecule has 13 heavy (non-hydrogen) atoms. The van der Waals surface area contributed by atoms with Crippen molar-refractivity contribution in [3.63, 3.8) is 0 Å². The van der Waals surface area contributed by atoms with Crippen LogP contribution in [0.25, 0.3) is 0 Å². The van der Waals surface area contributed by atoms with E-state index in [1.807, 2.05) is 13.8 Å². The molecule has 0 aliphatic carbocycles. The van der Waals surface area contributed by atoms with Gasteiger partial charge in [-0.15, -0.1) is 0 Å². The molecule has 0 bridgehead atoms. The van der Waals surface area contributed by atoms with Gasteiger partial charge >= 0.3 is 112 Å². The molecule has 0 nitrogen and oxygen atoms in total. The van der Waals surface area contributed by atoms with E-state index < -0.39 is 4.01 Å². The number of hydrogen-bond acceptors (Lipinski definition) is 1. The number of hydrogen-bond donors (Lipinski definition) is 0. The molecule has 0 rings (SSSR count). The van der Waals surface area contributed by atoms with Crippen molar-refractivity contribution in [3.8, 4) is 0 Å². The van der Waals surface area contributed by atoms with E-state index in [0.29, 0.717) is 0 Å². The number of thioether (sulfide) groups is 1. The quantitative estimate of drug-likeness (QED) is 0.502. The molecule has 0 N–H and O–H groups in total. The van der Waals surface area contributed by atoms with Crippen LogP contribution in [0.5, 0.6) is 0 Å². The van der Waals surface area contributed by atoms with Crippen LogP contribution < -0.4 is 0 Å². The van der Waals surface area contributed by atoms with Crippen molar-refractivity contribution in [1.29, 1.82) is 0 Å². The number of halogens is 6. The molecule has 0 heterocycles. The summed E-state index contributed by atoms with van der Waals surface area (Å²) in [6.45, 7) is 3.88. The van der Waals surface area contributed by atoms with Crippen LogP contribution in [0, 0.1) is 0 Å². The van der Waals surface area contributed by atoms with Crippen molar-refractivity contribution in [3.05, 3.63) is 9.14 Å². The first kappa shape index (κ1) is 15.3. The van der Waals surface area contributed by atoms with Crippen LogP contribution in [-0.2, 0) is 0 Å². The van der Waals surface area contributed by atoms with Gasteiger partial charge in [0.25, 0.3) is 0 Å². The second-order valence-electron chi connectivity index (χ2n) is 2.45. The van der Waals surface area contributed by atoms with Crippen molar-refractivity contribution < 1.29 is 0 Å². The normalized spacial score (nSPS) is 18.1. The molecule has 0 saturated carbocycles. The fraction of sp³-hybridized carbons (Fsp3) is 0.600. The third kappa shape index (κ3) is 6.43. The van der Waals surface area contributed by atoms with Crippen LogP contribution in [0.4, 0.5) is 0 Å². The van der Waals surface area contributed by atoms with Crippen molar-refractivity contribution >= 4 is 83.9 Å². The standard InChI is InChI=1S/C5H7Cl6PS/c1-3(2)13-5(7)4(6)12(8,9,10)11/h3H,1-2H3/b5-4+. The van der Waals surface area contributed by atoms with Crippen LogP contribution >= 0.6 is 83.9 Å². The topological polar surface area (TPSA) is 0 Å². The molecule has 0 aliphatic rings. The first-order valence-corrected chi connectivity index (χ1v) is 10.6. The molecule has 80 valence electrons. The van der Waals surface area contributed by atoms with Gasteiger partial charge < -0.3 is 0 Å². The summed E-state index contributed by atoms with van der Waals surface area (Å²) < 4.78 is -3.80. The van der Waals surface area contributed by atoms with Crippen molar-refractivity contribution in [2.45, 2.75) is 19.1 Å². The first-order valence-electron chi connectivity index (χ1n) is 3.12. The van der Waals surface area contributed by atoms with E-state index in [2.05, 4.69) is 0 Å². The van der Waals surface area contributed by atoms with Crippen molar-refractivity contribution in [2.75, 3.05) is 0 Å². The zero-order chi connectivity index (χ0) is 10.9. The average Bonchev–Trinajstić information content (AvgIpc) is 1.80. The SMILES string of the molecule is CC(C)S/C(Cl)=C(\Cl)P(Cl)(Cl)(Cl)Cl. The molecule has 0 aromatic rings. The predicted molar refractivity (Wildman–Crippen MR) is 71.8 cm³/mol. The summed E-state index contributed by atoms with van der Waals surface area (Å²) in [6.07, 6.45) is 0. The molecule has 0 atom stereocenters. The van der Waals surface area contributed by atoms with E-state index in [1.54, 1.807) is 0 Å². The van der Waals surface area contributed by atoms with Gasteiger partial charge in [0.15, 0.2) is 0 Å². The van der Waals surface area contributed by atoms with E-state index in [-0.39, 0.29) is 14.4 Å². The Hall–Kier alpha value is 2.26. The third-order valence-electron chi connectivity index (χ3n) is 0.798. The number of rotatable bonds is 3. The molecule has 8 heteroatoms. The Balaban J connectivity index is 4.84. The van der Waals surface area contributed by atoms with Gasteiger partial charge in [0.1, 0.15) is 0 Å². The summed E-state index contributed by atoms with van der Waals surface area (Å²) in [7, 11) is 0. The summed E-state index contributed by atoms with van der Waals surface area (Å²) in [6, 6.07) is 0. The molecular weight excluding hydrogens is 336 g/mol. The fourth-order valence-electron chi connectivity index (χ4n) is 0.388. The summed E-state index contributed by atoms with van der Waals surface area (Å²) in [4.78, 5) is 0. The minimum absolute atomic E-state index is 0.0713. The van der Waals surface area contributed by atoms with Crippen LogP contribution in [0.15, 0.2) is 9.14 Å². The molecule has 0 amide bonds. The summed E-state index contributed by atoms with van der Waals surface area (Å²) in [5.74, 6) is 0. The zero-order valence-electron chi connectivity index (χ0n) is 6.70. The monoisotopic (exact) mass is 340 g/mol. The molecule has 0 radical (unpaired) electrons. The van der Waals surface area contributed by atoms with Gasteiger partial charge in [-0.2, -0.15) is 0 Å². The van der Waals surface area contributed by atoms with E-state index in [4.69, 9.17) is 68.2 Å². The second-order valence-corrected chi connectivity index (χ2v) is 18.4. The second kappa shape index (κ2) is 5.06. The Morgan fingerprint density at radius 1 is 1.08 bits per heavy atom. The summed E-state index contributed by atoms with van der Waals surface area (Å²) in [5, 5.41) is 0.251. The van der Waals surface area contributed by atoms with Crippen LogP contribution in [0.2, 0.25) is 0 Å². The van der Waals surface area contributed by atoms with Gasteiger partial charge in [0.2, 0.25) is 0 Å². The molecular formula is C5H7Cl6PS. The van der Waals surface area contributed by atoms with Gasteiger partial charge in [0.05, 0.1) is 0 Å². The molecule has 0 aliphatic heterocycles. The average molecular weight is 343 g/mol. The first-order chi connectivity index (χ1) is 5.51. The molecule has 0 aromatic carbocycles. The predicted octanol–water partition coefficient (Wildman–Crippen LogP) is 6.90. The Bertz CT molecular complexity index is 220. The fourth-order valence-corrected chi connectivity index (χ4v) is 5.18. The van der Waals surface area contributed by atoms with E-state index in [0.717, 1.165) is 0 Å². The molecule has 0 saturated heterocycles. The van der Waals surface area contributed by atoms with Gasteiger partial charge in [-0.1, -0.05) is 0 Å². The third-order valence-corrected chi connectivity index (χ3v) is 7.72. The van der Waals surface area contributed by atoms with Gasteiger partial charge in [0, 0.05) is 0 Å². The molecule has 0 aromatic heterocycles. The Morgan fingerprint density at radius 3 is 1.69 bits per heavy atom. The van der Waals surface area contributed by atoms with Crippen molar-refractivity contribution in [1.82, 2.24) is 0 Å². The van der Waals surface area contributed by atoms with Crippen LogP contribution in [0.3, 0.4) is 0 Å². The van der Waals surface area contributed by atoms with E-state index in [9.17, 15) is 0 Å². The Labute approximate surface area is 111 Å². The van der Waals surface area contributed by atoms with Gasteiger partial charge in [-0.3, -0.25) is 0 Å². The zero-order valence-corrected chi connectivity index (χ0v) is 12.9. The Morgan fingerprint density at radius 2 is 1.46 bits per heavy atom. The molecule has 0 spiro atoms. The summed E-state index contributed by atoms with van der Waals surface area (Å²) >= 11 is 35.5. The summed E-state index contributed by atoms with van der Waals surface area (Å²) in [5.41, 5.74) is 0. The van der Waals surface area contributed by atoms with Crippen LogP contribution in [0.1, 0.15) is 13.8 Å². The Kier molecular flexibility index (Phi) is 5.94. The van der Waals surface area contributed by atoms with E-state index >= 15 is 0 Å².